The van der Waals surface area contributed by atoms with Crippen LogP contribution in [0.3, 0.4) is 0 Å². The normalized spacial score (nSPS) is 9.43. The van der Waals surface area contributed by atoms with Crippen LogP contribution in [0, 0.1) is 0 Å². The Morgan fingerprint density at radius 3 is 0.857 bits per heavy atom. The molecular formula is C28H24N6Ru. The molecule has 0 saturated heterocycles. The number of benzene rings is 2. The van der Waals surface area contributed by atoms with Crippen molar-refractivity contribution in [1.29, 1.82) is 0 Å². The largest absolute Gasteiger partial charge is 2.00 e. The first-order chi connectivity index (χ1) is 16.7. The zero-order chi connectivity index (χ0) is 24.2. The van der Waals surface area contributed by atoms with Crippen LogP contribution in [0.4, 0.5) is 0 Å². The predicted octanol–water partition coefficient (Wildman–Crippen LogP) is 6.86. The van der Waals surface area contributed by atoms with Crippen LogP contribution in [-0.4, -0.2) is 32.4 Å². The maximum atomic E-state index is 7.44. The molecule has 0 radical (unpaired) electrons. The zero-order valence-corrected chi connectivity index (χ0v) is 21.2. The van der Waals surface area contributed by atoms with Crippen molar-refractivity contribution in [3.8, 4) is 0 Å². The Morgan fingerprint density at radius 1 is 0.457 bits per heavy atom. The van der Waals surface area contributed by atoms with Gasteiger partial charge in [0, 0.05) is 46.3 Å². The van der Waals surface area contributed by atoms with Crippen molar-refractivity contribution in [2.24, 2.45) is 0 Å². The Bertz CT molecular complexity index is 1310. The molecule has 0 saturated carbocycles. The quantitative estimate of drug-likeness (QED) is 0.118. The third kappa shape index (κ3) is 7.01. The number of hydrogen-bond acceptors (Lipinski definition) is 4. The molecular weight excluding hydrogens is 521 g/mol. The number of pyridine rings is 4. The molecule has 6 nitrogen and oxygen atoms in total. The van der Waals surface area contributed by atoms with Gasteiger partial charge in [0.15, 0.2) is 0 Å². The molecule has 0 unspecified atom stereocenters. The fourth-order valence-corrected chi connectivity index (χ4v) is 3.36. The van der Waals surface area contributed by atoms with Crippen molar-refractivity contribution in [2.75, 3.05) is 0 Å². The van der Waals surface area contributed by atoms with E-state index in [9.17, 15) is 0 Å². The summed E-state index contributed by atoms with van der Waals surface area (Å²) in [4.78, 5) is 17.4. The molecule has 4 heterocycles. The van der Waals surface area contributed by atoms with Gasteiger partial charge in [0.2, 0.25) is 0 Å². The van der Waals surface area contributed by atoms with Crippen molar-refractivity contribution < 1.29 is 19.5 Å². The van der Waals surface area contributed by atoms with E-state index in [2.05, 4.69) is 68.5 Å². The fraction of sp³-hybridized carbons (Fsp3) is 0.0714. The first kappa shape index (κ1) is 27.3. The van der Waals surface area contributed by atoms with Crippen molar-refractivity contribution in [3.63, 3.8) is 0 Å². The van der Waals surface area contributed by atoms with Gasteiger partial charge in [0.25, 0.3) is 0 Å². The number of hydrogen-bond donors (Lipinski definition) is 0. The smallest absolute Gasteiger partial charge is 0.814 e. The van der Waals surface area contributed by atoms with E-state index in [1.54, 1.807) is 38.6 Å². The first-order valence-electron chi connectivity index (χ1n) is 10.7. The standard InChI is InChI=1S/2C12H8N2.2C2H4N.Ru/c2*1-3-9-5-6-10-4-2-8-14-12(10)11(9)13-7-1;2*1-2-3;/h2*1-8H;2*2H,1H3;/q;;2*-1;+2. The molecule has 6 rings (SSSR count). The molecule has 174 valence electrons. The minimum absolute atomic E-state index is 0. The molecule has 0 N–H and O–H groups in total. The van der Waals surface area contributed by atoms with Crippen LogP contribution >= 0.6 is 0 Å². The van der Waals surface area contributed by atoms with Gasteiger partial charge >= 0.3 is 19.5 Å². The van der Waals surface area contributed by atoms with E-state index in [1.807, 2.05) is 24.3 Å². The summed E-state index contributed by atoms with van der Waals surface area (Å²) in [6.45, 7) is 3.11. The molecule has 4 aromatic heterocycles. The molecule has 0 spiro atoms. The first-order valence-corrected chi connectivity index (χ1v) is 10.7. The molecule has 35 heavy (non-hydrogen) atoms. The topological polar surface area (TPSA) is 96.2 Å². The summed E-state index contributed by atoms with van der Waals surface area (Å²) in [7, 11) is 0. The Hall–Kier alpha value is -3.96. The van der Waals surface area contributed by atoms with Gasteiger partial charge in [-0.05, 0) is 24.3 Å². The second kappa shape index (κ2) is 14.3. The Morgan fingerprint density at radius 2 is 0.657 bits per heavy atom. The minimum atomic E-state index is 0. The average Bonchev–Trinajstić information content (AvgIpc) is 2.90. The molecule has 0 aliphatic heterocycles. The van der Waals surface area contributed by atoms with Gasteiger partial charge in [0.05, 0.1) is 22.1 Å². The van der Waals surface area contributed by atoms with Crippen LogP contribution in [0.15, 0.2) is 97.6 Å². The number of rotatable bonds is 0. The SMILES string of the molecule is CC=[N-].CC=[N-].[Ru+2].c1cnc2c(c1)ccc1cccnc12.c1cnc2c(c1)ccc1cccnc12. The zero-order valence-electron chi connectivity index (χ0n) is 19.4. The molecule has 6 aromatic rings. The predicted molar refractivity (Wildman–Crippen MR) is 144 cm³/mol. The Labute approximate surface area is 217 Å². The second-order valence-corrected chi connectivity index (χ2v) is 6.95. The maximum Gasteiger partial charge on any atom is 2.00 e. The van der Waals surface area contributed by atoms with Crippen LogP contribution in [0.1, 0.15) is 13.8 Å². The number of fused-ring (bicyclic) bond motifs is 6. The number of nitrogens with zero attached hydrogens (tertiary/aromatic N) is 6. The van der Waals surface area contributed by atoms with Crippen molar-refractivity contribution in [3.05, 3.63) is 108 Å². The summed E-state index contributed by atoms with van der Waals surface area (Å²) in [6.07, 6.45) is 9.21. The summed E-state index contributed by atoms with van der Waals surface area (Å²) in [5.41, 5.74) is 3.91. The summed E-state index contributed by atoms with van der Waals surface area (Å²) < 4.78 is 0. The van der Waals surface area contributed by atoms with Crippen LogP contribution in [0.25, 0.3) is 54.4 Å². The van der Waals surface area contributed by atoms with Gasteiger partial charge in [-0.1, -0.05) is 62.4 Å². The van der Waals surface area contributed by atoms with E-state index in [4.69, 9.17) is 10.8 Å². The molecule has 0 fully saturated rings. The van der Waals surface area contributed by atoms with Crippen molar-refractivity contribution in [1.82, 2.24) is 19.9 Å². The van der Waals surface area contributed by atoms with E-state index < -0.39 is 0 Å². The van der Waals surface area contributed by atoms with E-state index in [-0.39, 0.29) is 19.5 Å². The Balaban J connectivity index is 0.000000198. The number of aromatic nitrogens is 4. The van der Waals surface area contributed by atoms with Crippen LogP contribution < -0.4 is 0 Å². The van der Waals surface area contributed by atoms with Gasteiger partial charge in [-0.3, -0.25) is 19.9 Å². The van der Waals surface area contributed by atoms with E-state index >= 15 is 0 Å². The monoisotopic (exact) mass is 546 g/mol. The maximum absolute atomic E-state index is 7.44. The molecule has 0 aliphatic carbocycles. The summed E-state index contributed by atoms with van der Waals surface area (Å²) in [5, 5.41) is 19.4. The van der Waals surface area contributed by atoms with Crippen LogP contribution in [0.2, 0.25) is 0 Å². The van der Waals surface area contributed by atoms with Gasteiger partial charge in [0.1, 0.15) is 0 Å². The summed E-state index contributed by atoms with van der Waals surface area (Å²) in [5.74, 6) is 0. The average molecular weight is 546 g/mol. The molecule has 0 aliphatic rings. The fourth-order valence-electron chi connectivity index (χ4n) is 3.36. The van der Waals surface area contributed by atoms with Crippen LogP contribution in [-0.2, 0) is 19.5 Å². The van der Waals surface area contributed by atoms with Gasteiger partial charge in [-0.15, -0.1) is 0 Å². The Kier molecular flexibility index (Phi) is 11.2. The van der Waals surface area contributed by atoms with Gasteiger partial charge in [-0.25, -0.2) is 12.4 Å². The summed E-state index contributed by atoms with van der Waals surface area (Å²) in [6, 6.07) is 24.3. The second-order valence-electron chi connectivity index (χ2n) is 6.95. The van der Waals surface area contributed by atoms with Gasteiger partial charge in [-0.2, -0.15) is 0 Å². The third-order valence-electron chi connectivity index (χ3n) is 4.69. The van der Waals surface area contributed by atoms with Crippen molar-refractivity contribution >= 4 is 56.0 Å². The van der Waals surface area contributed by atoms with E-state index in [1.165, 1.54) is 0 Å². The van der Waals surface area contributed by atoms with E-state index in [0.29, 0.717) is 0 Å². The molecule has 2 aromatic carbocycles. The van der Waals surface area contributed by atoms with E-state index in [0.717, 1.165) is 56.0 Å². The minimum Gasteiger partial charge on any atom is -0.814 e. The molecule has 7 heteroatoms. The third-order valence-corrected chi connectivity index (χ3v) is 4.69. The molecule has 0 atom stereocenters. The van der Waals surface area contributed by atoms with Gasteiger partial charge < -0.3 is 10.8 Å². The molecule has 0 amide bonds. The van der Waals surface area contributed by atoms with Crippen molar-refractivity contribution in [2.45, 2.75) is 13.8 Å². The summed E-state index contributed by atoms with van der Waals surface area (Å²) >= 11 is 0. The van der Waals surface area contributed by atoms with Crippen LogP contribution in [0.5, 0.6) is 0 Å². The molecule has 0 bridgehead atoms.